The van der Waals surface area contributed by atoms with Crippen LogP contribution in [-0.2, 0) is 21.0 Å². The number of aromatic nitrogens is 2. The van der Waals surface area contributed by atoms with Crippen molar-refractivity contribution in [2.24, 2.45) is 5.14 Å². The molecule has 0 spiro atoms. The second-order valence-corrected chi connectivity index (χ2v) is 7.14. The summed E-state index contributed by atoms with van der Waals surface area (Å²) in [6, 6.07) is 5.98. The van der Waals surface area contributed by atoms with E-state index in [2.05, 4.69) is 15.3 Å². The summed E-state index contributed by atoms with van der Waals surface area (Å²) in [6.45, 7) is 0. The Morgan fingerprint density at radius 2 is 2.00 bits per heavy atom. The normalized spacial score (nSPS) is 12.0. The number of hydrogen-bond acceptors (Lipinski definition) is 6. The Labute approximate surface area is 144 Å². The number of carbonyl (C=O) groups excluding carboxylic acids is 1. The summed E-state index contributed by atoms with van der Waals surface area (Å²) in [6.07, 6.45) is -3.65. The summed E-state index contributed by atoms with van der Waals surface area (Å²) in [5, 5.41) is 7.19. The topological polar surface area (TPSA) is 115 Å². The molecular formula is C13H11F3N4O3S2. The summed E-state index contributed by atoms with van der Waals surface area (Å²) in [4.78, 5) is 18.6. The molecule has 0 fully saturated rings. The van der Waals surface area contributed by atoms with Gasteiger partial charge in [-0.15, -0.1) is 0 Å². The zero-order valence-electron chi connectivity index (χ0n) is 12.3. The van der Waals surface area contributed by atoms with Gasteiger partial charge in [0.1, 0.15) is 5.69 Å². The van der Waals surface area contributed by atoms with Crippen LogP contribution < -0.4 is 10.5 Å². The van der Waals surface area contributed by atoms with Gasteiger partial charge in [-0.1, -0.05) is 17.8 Å². The number of anilines is 1. The van der Waals surface area contributed by atoms with Crippen LogP contribution in [0.1, 0.15) is 5.69 Å². The highest BCUT2D eigenvalue weighted by atomic mass is 32.2. The zero-order valence-corrected chi connectivity index (χ0v) is 14.0. The predicted molar refractivity (Wildman–Crippen MR) is 84.2 cm³/mol. The number of rotatable bonds is 5. The van der Waals surface area contributed by atoms with Crippen LogP contribution in [0.15, 0.2) is 46.6 Å². The second kappa shape index (κ2) is 7.37. The molecule has 1 amide bonds. The number of thioether (sulfide) groups is 1. The van der Waals surface area contributed by atoms with Crippen molar-refractivity contribution in [3.63, 3.8) is 0 Å². The van der Waals surface area contributed by atoms with E-state index in [4.69, 9.17) is 5.14 Å². The molecule has 2 rings (SSSR count). The second-order valence-electron chi connectivity index (χ2n) is 4.63. The van der Waals surface area contributed by atoms with Crippen molar-refractivity contribution in [3.8, 4) is 0 Å². The van der Waals surface area contributed by atoms with Crippen LogP contribution in [0.25, 0.3) is 0 Å². The molecule has 7 nitrogen and oxygen atoms in total. The maximum absolute atomic E-state index is 12.6. The Kier molecular flexibility index (Phi) is 5.65. The van der Waals surface area contributed by atoms with Crippen molar-refractivity contribution in [1.29, 1.82) is 0 Å². The first-order chi connectivity index (χ1) is 11.6. The van der Waals surface area contributed by atoms with Gasteiger partial charge in [-0.2, -0.15) is 13.2 Å². The number of carbonyl (C=O) groups is 1. The van der Waals surface area contributed by atoms with Crippen molar-refractivity contribution in [2.75, 3.05) is 11.1 Å². The maximum atomic E-state index is 12.6. The van der Waals surface area contributed by atoms with Gasteiger partial charge >= 0.3 is 6.18 Å². The van der Waals surface area contributed by atoms with Crippen LogP contribution in [-0.4, -0.2) is 30.0 Å². The highest BCUT2D eigenvalue weighted by Crippen LogP contribution is 2.28. The van der Waals surface area contributed by atoms with Crippen LogP contribution in [0.5, 0.6) is 0 Å². The molecule has 1 aromatic carbocycles. The van der Waals surface area contributed by atoms with E-state index in [0.717, 1.165) is 12.3 Å². The third-order valence-electron chi connectivity index (χ3n) is 2.70. The van der Waals surface area contributed by atoms with Gasteiger partial charge in [0.25, 0.3) is 0 Å². The minimum Gasteiger partial charge on any atom is -0.325 e. The maximum Gasteiger partial charge on any atom is 0.433 e. The van der Waals surface area contributed by atoms with Gasteiger partial charge in [0.2, 0.25) is 15.9 Å². The number of primary sulfonamides is 1. The minimum atomic E-state index is -4.60. The molecule has 0 aliphatic rings. The number of amides is 1. The van der Waals surface area contributed by atoms with Crippen molar-refractivity contribution >= 4 is 33.4 Å². The number of nitrogens with two attached hydrogens (primary N) is 1. The molecule has 3 N–H and O–H groups in total. The number of halogens is 3. The summed E-state index contributed by atoms with van der Waals surface area (Å²) in [5.41, 5.74) is -0.923. The first-order valence-corrected chi connectivity index (χ1v) is 9.04. The van der Waals surface area contributed by atoms with Gasteiger partial charge in [-0.25, -0.2) is 23.5 Å². The Morgan fingerprint density at radius 1 is 1.28 bits per heavy atom. The van der Waals surface area contributed by atoms with E-state index in [1.165, 1.54) is 24.3 Å². The van der Waals surface area contributed by atoms with E-state index in [-0.39, 0.29) is 21.5 Å². The van der Waals surface area contributed by atoms with Crippen LogP contribution >= 0.6 is 11.8 Å². The average molecular weight is 392 g/mol. The van der Waals surface area contributed by atoms with Gasteiger partial charge in [-0.05, 0) is 24.3 Å². The van der Waals surface area contributed by atoms with Crippen LogP contribution in [0.2, 0.25) is 0 Å². The van der Waals surface area contributed by atoms with Crippen LogP contribution in [0.3, 0.4) is 0 Å². The molecule has 0 bridgehead atoms. The summed E-state index contributed by atoms with van der Waals surface area (Å²) < 4.78 is 60.1. The van der Waals surface area contributed by atoms with Gasteiger partial charge in [0.15, 0.2) is 5.16 Å². The molecule has 1 heterocycles. The molecule has 0 aliphatic carbocycles. The van der Waals surface area contributed by atoms with Gasteiger partial charge < -0.3 is 5.32 Å². The Hall–Kier alpha value is -2.18. The quantitative estimate of drug-likeness (QED) is 0.593. The standard InChI is InChI=1S/C13H11F3N4O3S2/c14-13(15,16)10-4-5-18-12(20-10)24-7-11(21)19-8-2-1-3-9(6-8)25(17,22)23/h1-6H,7H2,(H,19,21)(H2,17,22,23). The van der Waals surface area contributed by atoms with Crippen molar-refractivity contribution in [1.82, 2.24) is 9.97 Å². The van der Waals surface area contributed by atoms with Gasteiger partial charge in [0.05, 0.1) is 10.6 Å². The number of alkyl halides is 3. The fraction of sp³-hybridized carbons (Fsp3) is 0.154. The molecule has 0 radical (unpaired) electrons. The van der Waals surface area contributed by atoms with E-state index in [1.54, 1.807) is 0 Å². The smallest absolute Gasteiger partial charge is 0.325 e. The monoisotopic (exact) mass is 392 g/mol. The summed E-state index contributed by atoms with van der Waals surface area (Å²) in [7, 11) is -3.92. The summed E-state index contributed by atoms with van der Waals surface area (Å²) in [5.74, 6) is -0.835. The molecule has 134 valence electrons. The van der Waals surface area contributed by atoms with E-state index >= 15 is 0 Å². The molecule has 0 unspecified atom stereocenters. The van der Waals surface area contributed by atoms with Gasteiger partial charge in [-0.3, -0.25) is 4.79 Å². The largest absolute Gasteiger partial charge is 0.433 e. The average Bonchev–Trinajstić information content (AvgIpc) is 2.52. The fourth-order valence-corrected chi connectivity index (χ4v) is 2.84. The first kappa shape index (κ1) is 19.1. The lowest BCUT2D eigenvalue weighted by atomic mass is 10.3. The predicted octanol–water partition coefficient (Wildman–Crippen LogP) is 1.87. The molecule has 25 heavy (non-hydrogen) atoms. The molecule has 0 saturated carbocycles. The lowest BCUT2D eigenvalue weighted by Gasteiger charge is -2.08. The number of nitrogens with one attached hydrogen (secondary N) is 1. The van der Waals surface area contributed by atoms with Crippen molar-refractivity contribution in [3.05, 3.63) is 42.2 Å². The third-order valence-corrected chi connectivity index (χ3v) is 4.48. The molecule has 0 atom stereocenters. The number of sulfonamides is 1. The van der Waals surface area contributed by atoms with Crippen molar-refractivity contribution < 1.29 is 26.4 Å². The lowest BCUT2D eigenvalue weighted by molar-refractivity contribution is -0.141. The fourth-order valence-electron chi connectivity index (χ4n) is 1.65. The first-order valence-electron chi connectivity index (χ1n) is 6.51. The highest BCUT2D eigenvalue weighted by Gasteiger charge is 2.32. The van der Waals surface area contributed by atoms with Gasteiger partial charge in [0, 0.05) is 11.9 Å². The number of nitrogens with zero attached hydrogens (tertiary/aromatic N) is 2. The van der Waals surface area contributed by atoms with Crippen LogP contribution in [0.4, 0.5) is 18.9 Å². The molecule has 1 aromatic heterocycles. The summed E-state index contributed by atoms with van der Waals surface area (Å²) >= 11 is 0.711. The Morgan fingerprint density at radius 3 is 2.64 bits per heavy atom. The molecule has 12 heteroatoms. The molecule has 0 saturated heterocycles. The van der Waals surface area contributed by atoms with Crippen LogP contribution in [0, 0.1) is 0 Å². The zero-order chi connectivity index (χ0) is 18.7. The lowest BCUT2D eigenvalue weighted by Crippen LogP contribution is -2.16. The SMILES string of the molecule is NS(=O)(=O)c1cccc(NC(=O)CSc2nccc(C(F)(F)F)n2)c1. The molecular weight excluding hydrogens is 381 g/mol. The number of hydrogen-bond donors (Lipinski definition) is 2. The van der Waals surface area contributed by atoms with E-state index in [0.29, 0.717) is 11.8 Å². The van der Waals surface area contributed by atoms with Crippen molar-refractivity contribution in [2.45, 2.75) is 16.2 Å². The van der Waals surface area contributed by atoms with E-state index in [1.807, 2.05) is 0 Å². The van der Waals surface area contributed by atoms with E-state index in [9.17, 15) is 26.4 Å². The minimum absolute atomic E-state index is 0.181. The molecule has 0 aliphatic heterocycles. The third kappa shape index (κ3) is 5.69. The molecule has 2 aromatic rings. The number of benzene rings is 1. The Balaban J connectivity index is 2.00. The van der Waals surface area contributed by atoms with E-state index < -0.39 is 27.8 Å². The highest BCUT2D eigenvalue weighted by molar-refractivity contribution is 7.99. The Bertz CT molecular complexity index is 888.